The molecule has 0 aliphatic rings. The summed E-state index contributed by atoms with van der Waals surface area (Å²) >= 11 is 0. The van der Waals surface area contributed by atoms with Crippen LogP contribution < -0.4 is 5.32 Å². The van der Waals surface area contributed by atoms with Crippen LogP contribution in [0.4, 0.5) is 0 Å². The molecular weight excluding hydrogens is 538 g/mol. The minimum absolute atomic E-state index is 0.0979. The van der Waals surface area contributed by atoms with Crippen LogP contribution in [-0.4, -0.2) is 35.6 Å². The molecule has 0 heterocycles. The molecule has 6 nitrogen and oxygen atoms in total. The quantitative estimate of drug-likeness (QED) is 0.0452. The zero-order valence-corrected chi connectivity index (χ0v) is 28.1. The molecule has 1 unspecified atom stereocenters. The number of allylic oxidation sites excluding steroid dienone is 3. The highest BCUT2D eigenvalue weighted by molar-refractivity contribution is 5.80. The second-order valence-electron chi connectivity index (χ2n) is 12.1. The van der Waals surface area contributed by atoms with E-state index in [4.69, 9.17) is 9.84 Å². The van der Waals surface area contributed by atoms with Gasteiger partial charge < -0.3 is 15.2 Å². The molecule has 1 amide bonds. The molecule has 0 radical (unpaired) electrons. The third-order valence-electron chi connectivity index (χ3n) is 7.86. The van der Waals surface area contributed by atoms with Gasteiger partial charge in [0, 0.05) is 12.8 Å². The van der Waals surface area contributed by atoms with Crippen LogP contribution >= 0.6 is 0 Å². The Labute approximate surface area is 264 Å². The van der Waals surface area contributed by atoms with E-state index < -0.39 is 5.97 Å². The monoisotopic (exact) mass is 606 g/mol. The van der Waals surface area contributed by atoms with E-state index in [2.05, 4.69) is 37.4 Å². The third-order valence-corrected chi connectivity index (χ3v) is 7.86. The summed E-state index contributed by atoms with van der Waals surface area (Å²) in [6.07, 6.45) is 37.3. The highest BCUT2D eigenvalue weighted by Crippen LogP contribution is 2.15. The Bertz CT molecular complexity index is 718. The molecule has 0 saturated carbocycles. The van der Waals surface area contributed by atoms with Crippen molar-refractivity contribution in [1.82, 2.24) is 5.32 Å². The molecule has 0 aliphatic carbocycles. The summed E-state index contributed by atoms with van der Waals surface area (Å²) in [4.78, 5) is 34.8. The molecule has 43 heavy (non-hydrogen) atoms. The second-order valence-corrected chi connectivity index (χ2v) is 12.1. The van der Waals surface area contributed by atoms with E-state index in [-0.39, 0.29) is 24.5 Å². The van der Waals surface area contributed by atoms with Crippen molar-refractivity contribution >= 4 is 17.8 Å². The van der Waals surface area contributed by atoms with Gasteiger partial charge in [0.2, 0.25) is 5.91 Å². The van der Waals surface area contributed by atoms with Gasteiger partial charge in [0.25, 0.3) is 0 Å². The number of ether oxygens (including phenoxy) is 1. The second kappa shape index (κ2) is 32.8. The van der Waals surface area contributed by atoms with E-state index in [1.807, 2.05) is 6.08 Å². The first-order valence-electron chi connectivity index (χ1n) is 18.0. The van der Waals surface area contributed by atoms with Crippen LogP contribution in [0.5, 0.6) is 0 Å². The average molecular weight is 606 g/mol. The summed E-state index contributed by atoms with van der Waals surface area (Å²) in [5.41, 5.74) is 0. The minimum Gasteiger partial charge on any atom is -0.480 e. The van der Waals surface area contributed by atoms with Gasteiger partial charge in [-0.25, -0.2) is 0 Å². The fourth-order valence-corrected chi connectivity index (χ4v) is 5.17. The molecule has 0 aromatic heterocycles. The fourth-order valence-electron chi connectivity index (χ4n) is 5.17. The number of hydrogen-bond acceptors (Lipinski definition) is 4. The number of amides is 1. The lowest BCUT2D eigenvalue weighted by Gasteiger charge is -2.14. The maximum atomic E-state index is 12.6. The van der Waals surface area contributed by atoms with Crippen molar-refractivity contribution in [3.8, 4) is 0 Å². The molecule has 6 heteroatoms. The predicted molar refractivity (Wildman–Crippen MR) is 180 cm³/mol. The van der Waals surface area contributed by atoms with E-state index in [1.165, 1.54) is 96.3 Å². The largest absolute Gasteiger partial charge is 0.480 e. The SMILES string of the molecule is CCCCCC/C=C\C/C=C\C(CCCCCCC(=O)NCC(=O)O)OC(=O)CCCCCCCCCCCCCCC. The van der Waals surface area contributed by atoms with Gasteiger partial charge in [0.1, 0.15) is 12.6 Å². The lowest BCUT2D eigenvalue weighted by atomic mass is 10.0. The number of rotatable bonds is 32. The number of carboxylic acids is 1. The van der Waals surface area contributed by atoms with Gasteiger partial charge in [0.05, 0.1) is 0 Å². The number of hydrogen-bond donors (Lipinski definition) is 2. The summed E-state index contributed by atoms with van der Waals surface area (Å²) in [7, 11) is 0. The Morgan fingerprint density at radius 3 is 1.72 bits per heavy atom. The van der Waals surface area contributed by atoms with Crippen LogP contribution in [0.15, 0.2) is 24.3 Å². The molecule has 0 aromatic rings. The Balaban J connectivity index is 4.22. The van der Waals surface area contributed by atoms with Crippen molar-refractivity contribution in [2.24, 2.45) is 0 Å². The molecule has 0 fully saturated rings. The maximum absolute atomic E-state index is 12.6. The number of unbranched alkanes of at least 4 members (excludes halogenated alkanes) is 19. The van der Waals surface area contributed by atoms with E-state index in [0.29, 0.717) is 12.8 Å². The van der Waals surface area contributed by atoms with Crippen molar-refractivity contribution in [3.05, 3.63) is 24.3 Å². The molecule has 0 aliphatic heterocycles. The van der Waals surface area contributed by atoms with Gasteiger partial charge in [0.15, 0.2) is 0 Å². The first-order valence-corrected chi connectivity index (χ1v) is 18.0. The van der Waals surface area contributed by atoms with Crippen molar-refractivity contribution in [2.75, 3.05) is 6.54 Å². The standard InChI is InChI=1S/C37H67NO5/c1-3-5-7-9-11-13-14-15-16-18-20-22-28-32-37(42)43-34(29-25-21-19-17-12-10-8-6-4-2)30-26-23-24-27-31-35(39)38-33-36(40)41/h17,19,25,29,34H,3-16,18,20-24,26-28,30-33H2,1-2H3,(H,38,39)(H,40,41)/b19-17-,29-25-. The van der Waals surface area contributed by atoms with Crippen LogP contribution in [-0.2, 0) is 19.1 Å². The smallest absolute Gasteiger partial charge is 0.322 e. The lowest BCUT2D eigenvalue weighted by molar-refractivity contribution is -0.147. The minimum atomic E-state index is -1.03. The van der Waals surface area contributed by atoms with Crippen LogP contribution in [0.1, 0.15) is 181 Å². The highest BCUT2D eigenvalue weighted by atomic mass is 16.5. The molecule has 0 bridgehead atoms. The first kappa shape index (κ1) is 40.9. The van der Waals surface area contributed by atoms with Crippen LogP contribution in [0.3, 0.4) is 0 Å². The van der Waals surface area contributed by atoms with Crippen molar-refractivity contribution in [3.63, 3.8) is 0 Å². The van der Waals surface area contributed by atoms with E-state index in [0.717, 1.165) is 57.8 Å². The Morgan fingerprint density at radius 1 is 0.628 bits per heavy atom. The zero-order valence-electron chi connectivity index (χ0n) is 28.1. The molecule has 0 aromatic carbocycles. The summed E-state index contributed by atoms with van der Waals surface area (Å²) in [5.74, 6) is -1.35. The number of carboxylic acid groups (broad SMARTS) is 1. The van der Waals surface area contributed by atoms with Crippen molar-refractivity contribution < 1.29 is 24.2 Å². The van der Waals surface area contributed by atoms with Crippen LogP contribution in [0.25, 0.3) is 0 Å². The maximum Gasteiger partial charge on any atom is 0.322 e. The zero-order chi connectivity index (χ0) is 31.6. The molecule has 0 spiro atoms. The number of carbonyl (C=O) groups excluding carboxylic acids is 2. The summed E-state index contributed by atoms with van der Waals surface area (Å²) in [6.45, 7) is 4.17. The molecule has 0 saturated heterocycles. The molecule has 0 rings (SSSR count). The molecule has 1 atom stereocenters. The molecule has 250 valence electrons. The number of aliphatic carboxylic acids is 1. The first-order chi connectivity index (χ1) is 21.0. The Morgan fingerprint density at radius 2 is 1.14 bits per heavy atom. The van der Waals surface area contributed by atoms with Gasteiger partial charge in [-0.3, -0.25) is 14.4 Å². The van der Waals surface area contributed by atoms with Crippen molar-refractivity contribution in [1.29, 1.82) is 0 Å². The van der Waals surface area contributed by atoms with Gasteiger partial charge in [-0.05, 0) is 51.0 Å². The van der Waals surface area contributed by atoms with Gasteiger partial charge in [-0.15, -0.1) is 0 Å². The summed E-state index contributed by atoms with van der Waals surface area (Å²) < 4.78 is 5.86. The third kappa shape index (κ3) is 32.6. The highest BCUT2D eigenvalue weighted by Gasteiger charge is 2.11. The number of esters is 1. The van der Waals surface area contributed by atoms with Crippen molar-refractivity contribution in [2.45, 2.75) is 187 Å². The molecular formula is C37H67NO5. The van der Waals surface area contributed by atoms with Gasteiger partial charge >= 0.3 is 11.9 Å². The Hall–Kier alpha value is -2.11. The van der Waals surface area contributed by atoms with Gasteiger partial charge in [-0.1, -0.05) is 141 Å². The Kier molecular flexibility index (Phi) is 31.2. The fraction of sp³-hybridized carbons (Fsp3) is 0.811. The van der Waals surface area contributed by atoms with E-state index in [1.54, 1.807) is 0 Å². The summed E-state index contributed by atoms with van der Waals surface area (Å²) in [6, 6.07) is 0. The molecule has 2 N–H and O–H groups in total. The number of carbonyl (C=O) groups is 3. The van der Waals surface area contributed by atoms with E-state index >= 15 is 0 Å². The van der Waals surface area contributed by atoms with Crippen LogP contribution in [0.2, 0.25) is 0 Å². The van der Waals surface area contributed by atoms with E-state index in [9.17, 15) is 14.4 Å². The average Bonchev–Trinajstić information content (AvgIpc) is 2.99. The summed E-state index contributed by atoms with van der Waals surface area (Å²) in [5, 5.41) is 11.0. The number of nitrogens with one attached hydrogen (secondary N) is 1. The normalized spacial score (nSPS) is 12.2. The van der Waals surface area contributed by atoms with Crippen LogP contribution in [0, 0.1) is 0 Å². The lowest BCUT2D eigenvalue weighted by Crippen LogP contribution is -2.28. The predicted octanol–water partition coefficient (Wildman–Crippen LogP) is 10.4. The topological polar surface area (TPSA) is 92.7 Å². The van der Waals surface area contributed by atoms with Gasteiger partial charge in [-0.2, -0.15) is 0 Å².